The molecule has 1 aliphatic heterocycles. The van der Waals surface area contributed by atoms with Crippen molar-refractivity contribution >= 4 is 44.0 Å². The highest BCUT2D eigenvalue weighted by atomic mass is 35.5. The lowest BCUT2D eigenvalue weighted by Crippen LogP contribution is -2.28. The van der Waals surface area contributed by atoms with E-state index in [1.165, 1.54) is 39.0 Å². The number of hydrogen-bond donors (Lipinski definition) is 1. The molecule has 0 radical (unpaired) electrons. The van der Waals surface area contributed by atoms with Gasteiger partial charge in [0.25, 0.3) is 5.91 Å². The van der Waals surface area contributed by atoms with E-state index < -0.39 is 15.9 Å². The fourth-order valence-corrected chi connectivity index (χ4v) is 6.21. The molecule has 30 heavy (non-hydrogen) atoms. The van der Waals surface area contributed by atoms with Gasteiger partial charge in [0.05, 0.1) is 15.5 Å². The van der Waals surface area contributed by atoms with Crippen molar-refractivity contribution in [1.29, 1.82) is 0 Å². The van der Waals surface area contributed by atoms with Gasteiger partial charge in [0.15, 0.2) is 0 Å². The van der Waals surface area contributed by atoms with Crippen molar-refractivity contribution in [3.05, 3.63) is 70.2 Å². The molecule has 154 valence electrons. The van der Waals surface area contributed by atoms with Crippen molar-refractivity contribution in [2.24, 2.45) is 0 Å². The average molecular weight is 441 g/mol. The minimum Gasteiger partial charge on any atom is -0.321 e. The van der Waals surface area contributed by atoms with Crippen LogP contribution >= 0.6 is 11.6 Å². The second-order valence-electron chi connectivity index (χ2n) is 7.82. The number of sulfonamides is 1. The summed E-state index contributed by atoms with van der Waals surface area (Å²) in [5.74, 6) is -0.419. The minimum atomic E-state index is -3.63. The topological polar surface area (TPSA) is 66.5 Å². The predicted octanol–water partition coefficient (Wildman–Crippen LogP) is 4.63. The summed E-state index contributed by atoms with van der Waals surface area (Å²) in [6.07, 6.45) is 3.72. The first-order valence-corrected chi connectivity index (χ1v) is 11.9. The Balaban J connectivity index is 1.50. The van der Waals surface area contributed by atoms with E-state index in [9.17, 15) is 13.2 Å². The molecular weight excluding hydrogens is 420 g/mol. The van der Waals surface area contributed by atoms with E-state index >= 15 is 0 Å². The lowest BCUT2D eigenvalue weighted by atomic mass is 10.0. The zero-order chi connectivity index (χ0) is 20.9. The maximum Gasteiger partial charge on any atom is 0.257 e. The Morgan fingerprint density at radius 3 is 2.47 bits per heavy atom. The molecule has 3 aromatic rings. The summed E-state index contributed by atoms with van der Waals surface area (Å²) in [5, 5.41) is 5.36. The molecular formula is C23H21ClN2O3S. The molecule has 1 aliphatic carbocycles. The summed E-state index contributed by atoms with van der Waals surface area (Å²) in [6, 6.07) is 14.4. The number of hydrogen-bond acceptors (Lipinski definition) is 3. The predicted molar refractivity (Wildman–Crippen MR) is 119 cm³/mol. The van der Waals surface area contributed by atoms with Gasteiger partial charge in [-0.3, -0.25) is 4.79 Å². The number of anilines is 1. The first-order chi connectivity index (χ1) is 14.4. The number of benzene rings is 3. The SMILES string of the molecule is O=C(Nc1ccc2c3c(cccc13)CC2)c1cc(S(=O)(=O)N2CCCC2)ccc1Cl. The van der Waals surface area contributed by atoms with Crippen molar-refractivity contribution in [3.63, 3.8) is 0 Å². The number of halogens is 1. The third kappa shape index (κ3) is 3.20. The van der Waals surface area contributed by atoms with Crippen molar-refractivity contribution < 1.29 is 13.2 Å². The number of carbonyl (C=O) groups is 1. The Hall–Kier alpha value is -2.41. The summed E-state index contributed by atoms with van der Waals surface area (Å²) in [7, 11) is -3.63. The summed E-state index contributed by atoms with van der Waals surface area (Å²) < 4.78 is 27.2. The summed E-state index contributed by atoms with van der Waals surface area (Å²) in [6.45, 7) is 1.01. The van der Waals surface area contributed by atoms with Gasteiger partial charge in [0.2, 0.25) is 10.0 Å². The molecule has 0 atom stereocenters. The van der Waals surface area contributed by atoms with E-state index in [4.69, 9.17) is 11.6 Å². The van der Waals surface area contributed by atoms with E-state index in [1.807, 2.05) is 24.3 Å². The van der Waals surface area contributed by atoms with Crippen molar-refractivity contribution in [1.82, 2.24) is 4.31 Å². The molecule has 0 saturated carbocycles. The molecule has 0 aromatic heterocycles. The zero-order valence-corrected chi connectivity index (χ0v) is 17.9. The molecule has 0 spiro atoms. The first-order valence-electron chi connectivity index (χ1n) is 10.1. The molecule has 3 aromatic carbocycles. The van der Waals surface area contributed by atoms with Gasteiger partial charge in [-0.15, -0.1) is 0 Å². The number of nitrogens with zero attached hydrogens (tertiary/aromatic N) is 1. The molecule has 1 amide bonds. The second-order valence-corrected chi connectivity index (χ2v) is 10.2. The van der Waals surface area contributed by atoms with Crippen molar-refractivity contribution in [2.75, 3.05) is 18.4 Å². The molecule has 5 nitrogen and oxygen atoms in total. The number of rotatable bonds is 4. The van der Waals surface area contributed by atoms with Crippen molar-refractivity contribution in [3.8, 4) is 0 Å². The van der Waals surface area contributed by atoms with Crippen LogP contribution in [0.1, 0.15) is 34.3 Å². The molecule has 7 heteroatoms. The fraction of sp³-hybridized carbons (Fsp3) is 0.261. The van der Waals surface area contributed by atoms with Crippen LogP contribution in [-0.2, 0) is 22.9 Å². The number of carbonyl (C=O) groups excluding carboxylic acids is 1. The number of nitrogens with one attached hydrogen (secondary N) is 1. The average Bonchev–Trinajstić information content (AvgIpc) is 3.42. The third-order valence-corrected chi connectivity index (χ3v) is 8.23. The monoisotopic (exact) mass is 440 g/mol. The second kappa shape index (κ2) is 7.38. The van der Waals surface area contributed by atoms with Crippen molar-refractivity contribution in [2.45, 2.75) is 30.6 Å². The third-order valence-electron chi connectivity index (χ3n) is 6.01. The van der Waals surface area contributed by atoms with Crippen LogP contribution in [0.4, 0.5) is 5.69 Å². The molecule has 1 N–H and O–H groups in total. The van der Waals surface area contributed by atoms with Crippen LogP contribution in [0.5, 0.6) is 0 Å². The maximum atomic E-state index is 13.1. The van der Waals surface area contributed by atoms with Gasteiger partial charge < -0.3 is 5.32 Å². The molecule has 2 aliphatic rings. The molecule has 0 bridgehead atoms. The van der Waals surface area contributed by atoms with Gasteiger partial charge >= 0.3 is 0 Å². The van der Waals surface area contributed by atoms with E-state index in [2.05, 4.69) is 11.4 Å². The molecule has 1 heterocycles. The maximum absolute atomic E-state index is 13.1. The Labute approximate surface area is 180 Å². The van der Waals surface area contributed by atoms with E-state index in [0.717, 1.165) is 31.1 Å². The van der Waals surface area contributed by atoms with E-state index in [-0.39, 0.29) is 15.5 Å². The molecule has 0 unspecified atom stereocenters. The fourth-order valence-electron chi connectivity index (χ4n) is 4.46. The van der Waals surface area contributed by atoms with Gasteiger partial charge in [-0.25, -0.2) is 8.42 Å². The Morgan fingerprint density at radius 2 is 1.70 bits per heavy atom. The lowest BCUT2D eigenvalue weighted by Gasteiger charge is -2.17. The molecule has 1 saturated heterocycles. The van der Waals surface area contributed by atoms with Gasteiger partial charge in [0.1, 0.15) is 0 Å². The van der Waals surface area contributed by atoms with Crippen LogP contribution in [0.2, 0.25) is 5.02 Å². The van der Waals surface area contributed by atoms with Gasteiger partial charge in [-0.05, 0) is 66.5 Å². The summed E-state index contributed by atoms with van der Waals surface area (Å²) >= 11 is 6.28. The zero-order valence-electron chi connectivity index (χ0n) is 16.3. The van der Waals surface area contributed by atoms with Crippen LogP contribution in [0.3, 0.4) is 0 Å². The molecule has 1 fully saturated rings. The van der Waals surface area contributed by atoms with Gasteiger partial charge in [0, 0.05) is 24.2 Å². The highest BCUT2D eigenvalue weighted by Crippen LogP contribution is 2.35. The quantitative estimate of drug-likeness (QED) is 0.643. The smallest absolute Gasteiger partial charge is 0.257 e. The Kier molecular flexibility index (Phi) is 4.81. The summed E-state index contributed by atoms with van der Waals surface area (Å²) in [4.78, 5) is 13.2. The normalized spacial score (nSPS) is 16.3. The van der Waals surface area contributed by atoms with Gasteiger partial charge in [-0.2, -0.15) is 4.31 Å². The lowest BCUT2D eigenvalue weighted by molar-refractivity contribution is 0.102. The van der Waals surface area contributed by atoms with E-state index in [0.29, 0.717) is 18.8 Å². The summed E-state index contributed by atoms with van der Waals surface area (Å²) in [5.41, 5.74) is 3.43. The van der Waals surface area contributed by atoms with Crippen LogP contribution in [0.25, 0.3) is 10.8 Å². The Bertz CT molecular complexity index is 1270. The molecule has 5 rings (SSSR count). The minimum absolute atomic E-state index is 0.0966. The van der Waals surface area contributed by atoms with Crippen LogP contribution < -0.4 is 5.32 Å². The van der Waals surface area contributed by atoms with E-state index in [1.54, 1.807) is 0 Å². The number of aryl methyl sites for hydroxylation is 2. The highest BCUT2D eigenvalue weighted by Gasteiger charge is 2.28. The van der Waals surface area contributed by atoms with Crippen LogP contribution in [0, 0.1) is 0 Å². The first kappa shape index (κ1) is 19.5. The van der Waals surface area contributed by atoms with Crippen LogP contribution in [-0.4, -0.2) is 31.7 Å². The van der Waals surface area contributed by atoms with Crippen LogP contribution in [0.15, 0.2) is 53.4 Å². The standard InChI is InChI=1S/C23H21ClN2O3S/c24-20-10-9-17(30(28,29)26-12-1-2-13-26)14-19(20)23(27)25-21-11-8-16-7-6-15-4-3-5-18(21)22(15)16/h3-5,8-11,14H,1-2,6-7,12-13H2,(H,25,27). The van der Waals surface area contributed by atoms with Gasteiger partial charge in [-0.1, -0.05) is 35.9 Å². The Morgan fingerprint density at radius 1 is 0.967 bits per heavy atom. The number of amides is 1. The largest absolute Gasteiger partial charge is 0.321 e. The highest BCUT2D eigenvalue weighted by molar-refractivity contribution is 7.89.